The third-order valence-corrected chi connectivity index (χ3v) is 3.35. The van der Waals surface area contributed by atoms with Crippen LogP contribution in [-0.4, -0.2) is 28.8 Å². The van der Waals surface area contributed by atoms with E-state index in [1.54, 1.807) is 20.8 Å². The molecule has 0 aromatic heterocycles. The molecule has 0 aliphatic rings. The number of benzene rings is 1. The minimum atomic E-state index is -1.09. The molecule has 0 saturated heterocycles. The minimum Gasteiger partial charge on any atom is -0.480 e. The third-order valence-electron chi connectivity index (χ3n) is 3.35. The highest BCUT2D eigenvalue weighted by Gasteiger charge is 2.24. The Kier molecular flexibility index (Phi) is 6.37. The molecule has 2 N–H and O–H groups in total. The molecule has 126 valence electrons. The van der Waals surface area contributed by atoms with Crippen LogP contribution >= 0.6 is 0 Å². The summed E-state index contributed by atoms with van der Waals surface area (Å²) in [4.78, 5) is 23.2. The maximum absolute atomic E-state index is 11.8. The molecule has 0 aliphatic carbocycles. The second kappa shape index (κ2) is 7.81. The highest BCUT2D eigenvalue weighted by molar-refractivity contribution is 5.81. The van der Waals surface area contributed by atoms with Gasteiger partial charge >= 0.3 is 12.1 Å². The van der Waals surface area contributed by atoms with E-state index in [9.17, 15) is 14.7 Å². The van der Waals surface area contributed by atoms with E-state index in [0.29, 0.717) is 0 Å². The summed E-state index contributed by atoms with van der Waals surface area (Å²) in [5.74, 6) is -1.09. The maximum atomic E-state index is 11.8. The van der Waals surface area contributed by atoms with Crippen LogP contribution in [0.1, 0.15) is 46.6 Å². The van der Waals surface area contributed by atoms with Gasteiger partial charge in [-0.3, -0.25) is 0 Å². The smallest absolute Gasteiger partial charge is 0.408 e. The summed E-state index contributed by atoms with van der Waals surface area (Å²) in [7, 11) is 0. The number of alkyl carbamates (subject to hydrolysis) is 1. The standard InChI is InChI=1S/C18H25NO4/c1-12(13(2)14-9-7-6-8-10-14)11-15(16(20)21)19-17(22)23-18(3,4)5/h6-10,15H,11H2,1-5H3,(H,19,22)(H,20,21)/b13-12+/t15-/m0/s1. The van der Waals surface area contributed by atoms with Gasteiger partial charge in [0.25, 0.3) is 0 Å². The van der Waals surface area contributed by atoms with Crippen molar-refractivity contribution in [3.63, 3.8) is 0 Å². The zero-order valence-electron chi connectivity index (χ0n) is 14.3. The van der Waals surface area contributed by atoms with Crippen molar-refractivity contribution in [2.75, 3.05) is 0 Å². The molecule has 23 heavy (non-hydrogen) atoms. The first-order chi connectivity index (χ1) is 10.6. The molecule has 1 amide bonds. The summed E-state index contributed by atoms with van der Waals surface area (Å²) in [6.07, 6.45) is -0.509. The Labute approximate surface area is 137 Å². The first-order valence-corrected chi connectivity index (χ1v) is 7.54. The fraction of sp³-hybridized carbons (Fsp3) is 0.444. The largest absolute Gasteiger partial charge is 0.480 e. The Hall–Kier alpha value is -2.30. The summed E-state index contributed by atoms with van der Waals surface area (Å²) in [5, 5.41) is 11.7. The summed E-state index contributed by atoms with van der Waals surface area (Å²) >= 11 is 0. The van der Waals surface area contributed by atoms with Crippen molar-refractivity contribution < 1.29 is 19.4 Å². The molecule has 0 radical (unpaired) electrons. The van der Waals surface area contributed by atoms with Crippen LogP contribution in [0.25, 0.3) is 5.57 Å². The molecule has 0 aliphatic heterocycles. The first-order valence-electron chi connectivity index (χ1n) is 7.54. The number of ether oxygens (including phenoxy) is 1. The van der Waals surface area contributed by atoms with E-state index in [4.69, 9.17) is 4.74 Å². The maximum Gasteiger partial charge on any atom is 0.408 e. The lowest BCUT2D eigenvalue weighted by Gasteiger charge is -2.22. The molecule has 0 bridgehead atoms. The molecule has 1 rings (SSSR count). The Morgan fingerprint density at radius 2 is 1.74 bits per heavy atom. The Balaban J connectivity index is 2.84. The molecular formula is C18H25NO4. The number of hydrogen-bond donors (Lipinski definition) is 2. The molecule has 5 nitrogen and oxygen atoms in total. The summed E-state index contributed by atoms with van der Waals surface area (Å²) in [6.45, 7) is 9.00. The van der Waals surface area contributed by atoms with Gasteiger partial charge in [0, 0.05) is 0 Å². The fourth-order valence-corrected chi connectivity index (χ4v) is 2.04. The minimum absolute atomic E-state index is 0.218. The number of rotatable bonds is 5. The van der Waals surface area contributed by atoms with E-state index >= 15 is 0 Å². The molecule has 1 aromatic carbocycles. The van der Waals surface area contributed by atoms with Crippen molar-refractivity contribution in [2.45, 2.75) is 52.7 Å². The normalized spacial score (nSPS) is 13.8. The van der Waals surface area contributed by atoms with Gasteiger partial charge in [0.1, 0.15) is 11.6 Å². The molecule has 1 atom stereocenters. The van der Waals surface area contributed by atoms with Gasteiger partial charge in [-0.15, -0.1) is 0 Å². The predicted octanol–water partition coefficient (Wildman–Crippen LogP) is 3.85. The summed E-state index contributed by atoms with van der Waals surface area (Å²) < 4.78 is 5.12. The van der Waals surface area contributed by atoms with Crippen LogP contribution in [0.4, 0.5) is 4.79 Å². The van der Waals surface area contributed by atoms with Gasteiger partial charge in [-0.2, -0.15) is 0 Å². The molecule has 0 unspecified atom stereocenters. The van der Waals surface area contributed by atoms with Gasteiger partial charge in [-0.05, 0) is 52.2 Å². The van der Waals surface area contributed by atoms with Crippen molar-refractivity contribution in [1.82, 2.24) is 5.32 Å². The van der Waals surface area contributed by atoms with Gasteiger partial charge < -0.3 is 15.2 Å². The fourth-order valence-electron chi connectivity index (χ4n) is 2.04. The number of hydrogen-bond acceptors (Lipinski definition) is 3. The SMILES string of the molecule is C/C(C[C@H](NC(=O)OC(C)(C)C)C(=O)O)=C(/C)c1ccccc1. The quantitative estimate of drug-likeness (QED) is 0.864. The van der Waals surface area contributed by atoms with Crippen molar-refractivity contribution in [3.8, 4) is 0 Å². The van der Waals surface area contributed by atoms with Crippen molar-refractivity contribution >= 4 is 17.6 Å². The number of carboxylic acid groups (broad SMARTS) is 1. The van der Waals surface area contributed by atoms with Crippen molar-refractivity contribution in [2.24, 2.45) is 0 Å². The molecule has 0 heterocycles. The number of carbonyl (C=O) groups is 2. The monoisotopic (exact) mass is 319 g/mol. The van der Waals surface area contributed by atoms with Gasteiger partial charge in [-0.1, -0.05) is 35.9 Å². The van der Waals surface area contributed by atoms with E-state index < -0.39 is 23.7 Å². The average molecular weight is 319 g/mol. The van der Waals surface area contributed by atoms with E-state index in [1.165, 1.54) is 0 Å². The van der Waals surface area contributed by atoms with Crippen LogP contribution in [0.15, 0.2) is 35.9 Å². The van der Waals surface area contributed by atoms with Gasteiger partial charge in [-0.25, -0.2) is 9.59 Å². The number of aliphatic carboxylic acids is 1. The van der Waals surface area contributed by atoms with Crippen molar-refractivity contribution in [1.29, 1.82) is 0 Å². The van der Waals surface area contributed by atoms with Crippen LogP contribution in [0, 0.1) is 0 Å². The molecule has 0 fully saturated rings. The topological polar surface area (TPSA) is 75.6 Å². The lowest BCUT2D eigenvalue weighted by atomic mass is 9.97. The Morgan fingerprint density at radius 1 is 1.17 bits per heavy atom. The molecule has 5 heteroatoms. The highest BCUT2D eigenvalue weighted by atomic mass is 16.6. The van der Waals surface area contributed by atoms with Gasteiger partial charge in [0.15, 0.2) is 0 Å². The lowest BCUT2D eigenvalue weighted by molar-refractivity contribution is -0.139. The number of amides is 1. The number of allylic oxidation sites excluding steroid dienone is 1. The third kappa shape index (κ3) is 6.55. The zero-order valence-corrected chi connectivity index (χ0v) is 14.3. The average Bonchev–Trinajstić information content (AvgIpc) is 2.44. The number of carbonyl (C=O) groups excluding carboxylic acids is 1. The zero-order chi connectivity index (χ0) is 17.6. The summed E-state index contributed by atoms with van der Waals surface area (Å²) in [6, 6.07) is 8.70. The second-order valence-corrected chi connectivity index (χ2v) is 6.51. The Bertz CT molecular complexity index is 585. The Morgan fingerprint density at radius 3 is 2.22 bits per heavy atom. The lowest BCUT2D eigenvalue weighted by Crippen LogP contribution is -2.43. The van der Waals surface area contributed by atoms with Crippen LogP contribution in [-0.2, 0) is 9.53 Å². The first kappa shape index (κ1) is 18.7. The molecule has 1 aromatic rings. The van der Waals surface area contributed by atoms with E-state index in [2.05, 4.69) is 5.32 Å². The number of nitrogens with one attached hydrogen (secondary N) is 1. The second-order valence-electron chi connectivity index (χ2n) is 6.51. The van der Waals surface area contributed by atoms with Gasteiger partial charge in [0.2, 0.25) is 0 Å². The van der Waals surface area contributed by atoms with E-state index in [1.807, 2.05) is 44.2 Å². The van der Waals surface area contributed by atoms with Crippen LogP contribution < -0.4 is 5.32 Å². The van der Waals surface area contributed by atoms with Crippen LogP contribution in [0.2, 0.25) is 0 Å². The van der Waals surface area contributed by atoms with E-state index in [-0.39, 0.29) is 6.42 Å². The van der Waals surface area contributed by atoms with Crippen molar-refractivity contribution in [3.05, 3.63) is 41.5 Å². The van der Waals surface area contributed by atoms with E-state index in [0.717, 1.165) is 16.7 Å². The van der Waals surface area contributed by atoms with Crippen LogP contribution in [0.3, 0.4) is 0 Å². The molecule has 0 saturated carbocycles. The highest BCUT2D eigenvalue weighted by Crippen LogP contribution is 2.21. The van der Waals surface area contributed by atoms with Gasteiger partial charge in [0.05, 0.1) is 0 Å². The predicted molar refractivity (Wildman–Crippen MR) is 90.1 cm³/mol. The molecule has 0 spiro atoms. The number of carboxylic acids is 1. The molecular weight excluding hydrogens is 294 g/mol. The van der Waals surface area contributed by atoms with Crippen LogP contribution in [0.5, 0.6) is 0 Å². The summed E-state index contributed by atoms with van der Waals surface area (Å²) in [5.41, 5.74) is 2.27.